The van der Waals surface area contributed by atoms with Gasteiger partial charge >= 0.3 is 0 Å². The number of alkyl halides is 1. The summed E-state index contributed by atoms with van der Waals surface area (Å²) in [4.78, 5) is 0. The molecule has 0 saturated carbocycles. The minimum absolute atomic E-state index is 0.443. The van der Waals surface area contributed by atoms with Gasteiger partial charge in [-0.2, -0.15) is 0 Å². The quantitative estimate of drug-likeness (QED) is 0.278. The first-order chi connectivity index (χ1) is 12.7. The molecule has 0 radical (unpaired) electrons. The number of hydrogen-bond donors (Lipinski definition) is 0. The molecule has 0 aliphatic rings. The van der Waals surface area contributed by atoms with E-state index in [1.807, 2.05) is 12.1 Å². The number of halogens is 1. The van der Waals surface area contributed by atoms with Crippen LogP contribution in [0.2, 0.25) is 0 Å². The van der Waals surface area contributed by atoms with Crippen LogP contribution >= 0.6 is 15.9 Å². The smallest absolute Gasteiger partial charge is 0.126 e. The molecule has 4 aromatic rings. The summed E-state index contributed by atoms with van der Waals surface area (Å²) in [5.41, 5.74) is 3.59. The van der Waals surface area contributed by atoms with Crippen LogP contribution < -0.4 is 4.74 Å². The Bertz CT molecular complexity index is 986. The van der Waals surface area contributed by atoms with Crippen LogP contribution in [0.4, 0.5) is 0 Å². The second-order valence-corrected chi connectivity index (χ2v) is 7.44. The molecule has 0 fully saturated rings. The van der Waals surface area contributed by atoms with Crippen molar-refractivity contribution in [3.63, 3.8) is 0 Å². The second kappa shape index (κ2) is 6.97. The first-order valence-electron chi connectivity index (χ1n) is 8.61. The van der Waals surface area contributed by atoms with E-state index >= 15 is 0 Å². The summed E-state index contributed by atoms with van der Waals surface area (Å²) in [6.07, 6.45) is 0. The fourth-order valence-electron chi connectivity index (χ4n) is 3.56. The van der Waals surface area contributed by atoms with Crippen LogP contribution in [-0.2, 0) is 4.32 Å². The van der Waals surface area contributed by atoms with E-state index in [1.165, 1.54) is 22.1 Å². The molecule has 0 aromatic heterocycles. The van der Waals surface area contributed by atoms with Crippen molar-refractivity contribution in [1.82, 2.24) is 0 Å². The van der Waals surface area contributed by atoms with E-state index in [0.717, 1.165) is 11.1 Å². The summed E-state index contributed by atoms with van der Waals surface area (Å²) >= 11 is 4.14. The van der Waals surface area contributed by atoms with E-state index in [9.17, 15) is 0 Å². The summed E-state index contributed by atoms with van der Waals surface area (Å²) in [5.74, 6) is 0.889. The van der Waals surface area contributed by atoms with E-state index in [4.69, 9.17) is 4.74 Å². The predicted molar refractivity (Wildman–Crippen MR) is 112 cm³/mol. The van der Waals surface area contributed by atoms with Crippen molar-refractivity contribution in [3.05, 3.63) is 114 Å². The maximum absolute atomic E-state index is 5.59. The minimum Gasteiger partial charge on any atom is -0.496 e. The zero-order valence-electron chi connectivity index (χ0n) is 14.5. The molecular weight excluding hydrogens is 384 g/mol. The molecule has 0 atom stereocenters. The lowest BCUT2D eigenvalue weighted by Crippen LogP contribution is -2.22. The zero-order valence-corrected chi connectivity index (χ0v) is 16.1. The van der Waals surface area contributed by atoms with Crippen LogP contribution in [-0.4, -0.2) is 7.11 Å². The average molecular weight is 403 g/mol. The maximum Gasteiger partial charge on any atom is 0.126 e. The molecule has 0 saturated heterocycles. The van der Waals surface area contributed by atoms with Crippen molar-refractivity contribution in [2.24, 2.45) is 0 Å². The molecule has 4 rings (SSSR count). The van der Waals surface area contributed by atoms with E-state index in [1.54, 1.807) is 7.11 Å². The van der Waals surface area contributed by atoms with Gasteiger partial charge < -0.3 is 4.74 Å². The summed E-state index contributed by atoms with van der Waals surface area (Å²) in [6.45, 7) is 0. The predicted octanol–water partition coefficient (Wildman–Crippen LogP) is 6.54. The van der Waals surface area contributed by atoms with Crippen molar-refractivity contribution in [3.8, 4) is 5.75 Å². The van der Waals surface area contributed by atoms with Gasteiger partial charge in [-0.25, -0.2) is 0 Å². The van der Waals surface area contributed by atoms with E-state index in [2.05, 4.69) is 101 Å². The fourth-order valence-corrected chi connectivity index (χ4v) is 4.44. The lowest BCUT2D eigenvalue weighted by molar-refractivity contribution is 0.419. The molecule has 128 valence electrons. The Morgan fingerprint density at radius 3 is 1.65 bits per heavy atom. The van der Waals surface area contributed by atoms with Crippen LogP contribution in [0.1, 0.15) is 16.7 Å². The molecule has 0 heterocycles. The Hall–Kier alpha value is -2.58. The van der Waals surface area contributed by atoms with E-state index < -0.39 is 4.32 Å². The first-order valence-corrected chi connectivity index (χ1v) is 9.40. The number of methoxy groups -OCH3 is 1. The Kier molecular flexibility index (Phi) is 4.52. The van der Waals surface area contributed by atoms with Gasteiger partial charge in [0.1, 0.15) is 10.1 Å². The molecule has 2 heteroatoms. The van der Waals surface area contributed by atoms with Crippen LogP contribution in [0.25, 0.3) is 10.8 Å². The lowest BCUT2D eigenvalue weighted by atomic mass is 9.82. The third kappa shape index (κ3) is 2.71. The van der Waals surface area contributed by atoms with Crippen LogP contribution in [0, 0.1) is 0 Å². The third-order valence-corrected chi connectivity index (χ3v) is 6.16. The number of hydrogen-bond acceptors (Lipinski definition) is 1. The molecule has 0 bridgehead atoms. The highest BCUT2D eigenvalue weighted by atomic mass is 79.9. The summed E-state index contributed by atoms with van der Waals surface area (Å²) in [6, 6.07) is 33.7. The van der Waals surface area contributed by atoms with E-state index in [-0.39, 0.29) is 0 Å². The summed E-state index contributed by atoms with van der Waals surface area (Å²) in [5, 5.41) is 2.29. The first kappa shape index (κ1) is 16.9. The highest BCUT2D eigenvalue weighted by Crippen LogP contribution is 2.48. The average Bonchev–Trinajstić information content (AvgIpc) is 2.73. The molecule has 0 N–H and O–H groups in total. The standard InChI is InChI=1S/C24H19BrO/c1-26-23-17-16-22(20-14-8-9-15-21(20)23)24(25,18-10-4-2-5-11-18)19-12-6-3-7-13-19/h2-17H,1H3. The molecule has 26 heavy (non-hydrogen) atoms. The van der Waals surface area contributed by atoms with Crippen molar-refractivity contribution in [2.45, 2.75) is 4.32 Å². The van der Waals surface area contributed by atoms with E-state index in [0.29, 0.717) is 0 Å². The van der Waals surface area contributed by atoms with Gasteiger partial charge in [0.25, 0.3) is 0 Å². The molecular formula is C24H19BrO. The highest BCUT2D eigenvalue weighted by molar-refractivity contribution is 9.10. The molecule has 0 unspecified atom stereocenters. The molecule has 0 amide bonds. The van der Waals surface area contributed by atoms with Gasteiger partial charge in [-0.15, -0.1) is 0 Å². The lowest BCUT2D eigenvalue weighted by Gasteiger charge is -2.31. The van der Waals surface area contributed by atoms with Crippen molar-refractivity contribution >= 4 is 26.7 Å². The Morgan fingerprint density at radius 1 is 0.615 bits per heavy atom. The van der Waals surface area contributed by atoms with Gasteiger partial charge in [0.05, 0.1) is 7.11 Å². The fraction of sp³-hybridized carbons (Fsp3) is 0.0833. The number of rotatable bonds is 4. The largest absolute Gasteiger partial charge is 0.496 e. The van der Waals surface area contributed by atoms with Crippen molar-refractivity contribution in [1.29, 1.82) is 0 Å². The Labute approximate surface area is 162 Å². The zero-order chi connectivity index (χ0) is 18.0. The topological polar surface area (TPSA) is 9.23 Å². The normalized spacial score (nSPS) is 11.5. The second-order valence-electron chi connectivity index (χ2n) is 6.25. The maximum atomic E-state index is 5.59. The number of benzene rings is 4. The number of ether oxygens (including phenoxy) is 1. The van der Waals surface area contributed by atoms with Gasteiger partial charge in [0.15, 0.2) is 0 Å². The molecule has 0 aliphatic heterocycles. The van der Waals surface area contributed by atoms with Gasteiger partial charge in [-0.3, -0.25) is 0 Å². The molecule has 0 spiro atoms. The third-order valence-electron chi connectivity index (χ3n) is 4.82. The van der Waals surface area contributed by atoms with Gasteiger partial charge in [0.2, 0.25) is 0 Å². The SMILES string of the molecule is COc1ccc(C(Br)(c2ccccc2)c2ccccc2)c2ccccc12. The minimum atomic E-state index is -0.443. The van der Waals surface area contributed by atoms with Crippen LogP contribution in [0.5, 0.6) is 5.75 Å². The van der Waals surface area contributed by atoms with Crippen molar-refractivity contribution < 1.29 is 4.74 Å². The summed E-state index contributed by atoms with van der Waals surface area (Å²) in [7, 11) is 1.72. The number of fused-ring (bicyclic) bond motifs is 1. The van der Waals surface area contributed by atoms with Crippen LogP contribution in [0.3, 0.4) is 0 Å². The Balaban J connectivity index is 2.08. The van der Waals surface area contributed by atoms with Crippen LogP contribution in [0.15, 0.2) is 97.1 Å². The molecule has 4 aromatic carbocycles. The highest BCUT2D eigenvalue weighted by Gasteiger charge is 2.35. The Morgan fingerprint density at radius 2 is 1.12 bits per heavy atom. The monoisotopic (exact) mass is 402 g/mol. The van der Waals surface area contributed by atoms with Gasteiger partial charge in [-0.05, 0) is 28.1 Å². The van der Waals surface area contributed by atoms with Gasteiger partial charge in [0, 0.05) is 5.39 Å². The van der Waals surface area contributed by atoms with Gasteiger partial charge in [-0.1, -0.05) is 107 Å². The molecule has 0 aliphatic carbocycles. The molecule has 1 nitrogen and oxygen atoms in total. The van der Waals surface area contributed by atoms with Crippen molar-refractivity contribution in [2.75, 3.05) is 7.11 Å². The summed E-state index contributed by atoms with van der Waals surface area (Å²) < 4.78 is 5.15.